The third-order valence-corrected chi connectivity index (χ3v) is 15.5. The lowest BCUT2D eigenvalue weighted by molar-refractivity contribution is -0.302. The van der Waals surface area contributed by atoms with E-state index in [9.17, 15) is 30.3 Å². The van der Waals surface area contributed by atoms with Crippen LogP contribution < -0.4 is 5.32 Å². The fourth-order valence-electron chi connectivity index (χ4n) is 10.2. The van der Waals surface area contributed by atoms with E-state index in [1.54, 1.807) is 0 Å². The summed E-state index contributed by atoms with van der Waals surface area (Å²) in [6.45, 7) is 3.74. The zero-order valence-electron chi connectivity index (χ0n) is 51.6. The van der Waals surface area contributed by atoms with Crippen LogP contribution in [0.15, 0.2) is 97.2 Å². The van der Waals surface area contributed by atoms with E-state index in [1.165, 1.54) is 148 Å². The van der Waals surface area contributed by atoms with E-state index in [0.29, 0.717) is 12.8 Å². The maximum atomic E-state index is 13.1. The predicted molar refractivity (Wildman–Crippen MR) is 341 cm³/mol. The first-order valence-corrected chi connectivity index (χ1v) is 33.4. The van der Waals surface area contributed by atoms with Crippen LogP contribution in [0.5, 0.6) is 0 Å². The number of hydrogen-bond acceptors (Lipinski definition) is 8. The maximum Gasteiger partial charge on any atom is 0.220 e. The van der Waals surface area contributed by atoms with Crippen LogP contribution in [-0.4, -0.2) is 87.5 Å². The highest BCUT2D eigenvalue weighted by molar-refractivity contribution is 5.76. The second-order valence-electron chi connectivity index (χ2n) is 22.9. The molecule has 0 radical (unpaired) electrons. The molecular formula is C71H125NO8. The van der Waals surface area contributed by atoms with Crippen LogP contribution in [0, 0.1) is 0 Å². The largest absolute Gasteiger partial charge is 0.394 e. The minimum atomic E-state index is -1.56. The molecule has 7 atom stereocenters. The van der Waals surface area contributed by atoms with Crippen molar-refractivity contribution >= 4 is 5.91 Å². The molecule has 0 aromatic rings. The highest BCUT2D eigenvalue weighted by atomic mass is 16.7. The normalized spacial score (nSPS) is 19.1. The third kappa shape index (κ3) is 47.6. The summed E-state index contributed by atoms with van der Waals surface area (Å²) in [5.41, 5.74) is 0. The van der Waals surface area contributed by atoms with Gasteiger partial charge in [0.25, 0.3) is 0 Å². The lowest BCUT2D eigenvalue weighted by Crippen LogP contribution is -2.60. The Morgan fingerprint density at radius 1 is 0.438 bits per heavy atom. The lowest BCUT2D eigenvalue weighted by Gasteiger charge is -2.40. The Hall–Kier alpha value is -2.89. The van der Waals surface area contributed by atoms with Crippen molar-refractivity contribution in [1.82, 2.24) is 5.32 Å². The standard InChI is InChI=1S/C71H125NO8/c1-3-5-7-9-11-13-15-17-19-21-23-25-27-29-31-32-33-34-35-37-39-41-43-45-47-49-51-53-55-57-59-61-67(75)72-64(63-79-71-70(78)69(77)68(76)66(62-73)80-71)65(74)60-58-56-54-52-50-48-46-44-42-40-38-36-30-28-26-24-22-20-18-16-14-12-10-8-6-4-2/h5,7,11,13,17,19,23,25,29,31,33-34,37,39,43,45,64-66,68-71,73-74,76-78H,3-4,6,8-10,12,14-16,18,20-22,24,26-28,30,32,35-36,38,40-42,44,46-63H2,1-2H3,(H,72,75)/b7-5-,13-11-,19-17-,25-23-,31-29-,34-33-,39-37-,45-43-. The Labute approximate surface area is 492 Å². The molecule has 1 heterocycles. The van der Waals surface area contributed by atoms with Crippen LogP contribution in [0.4, 0.5) is 0 Å². The molecule has 6 N–H and O–H groups in total. The second kappa shape index (κ2) is 59.3. The van der Waals surface area contributed by atoms with Crippen molar-refractivity contribution < 1.29 is 39.8 Å². The van der Waals surface area contributed by atoms with Gasteiger partial charge in [-0.05, 0) is 77.0 Å². The molecular weight excluding hydrogens is 995 g/mol. The summed E-state index contributed by atoms with van der Waals surface area (Å²) in [4.78, 5) is 13.1. The molecule has 1 amide bonds. The molecule has 7 unspecified atom stereocenters. The summed E-state index contributed by atoms with van der Waals surface area (Å²) in [5.74, 6) is -0.159. The van der Waals surface area contributed by atoms with E-state index in [2.05, 4.69) is 116 Å². The minimum absolute atomic E-state index is 0.149. The van der Waals surface area contributed by atoms with Gasteiger partial charge >= 0.3 is 0 Å². The lowest BCUT2D eigenvalue weighted by atomic mass is 9.99. The third-order valence-electron chi connectivity index (χ3n) is 15.5. The van der Waals surface area contributed by atoms with Gasteiger partial charge in [-0.25, -0.2) is 0 Å². The first-order chi connectivity index (χ1) is 39.3. The molecule has 462 valence electrons. The van der Waals surface area contributed by atoms with Gasteiger partial charge in [-0.1, -0.05) is 304 Å². The Balaban J connectivity index is 2.18. The highest BCUT2D eigenvalue weighted by Crippen LogP contribution is 2.23. The van der Waals surface area contributed by atoms with Gasteiger partial charge in [0.15, 0.2) is 6.29 Å². The predicted octanol–water partition coefficient (Wildman–Crippen LogP) is 17.9. The van der Waals surface area contributed by atoms with Crippen molar-refractivity contribution in [1.29, 1.82) is 0 Å². The summed E-state index contributed by atoms with van der Waals surface area (Å²) in [6, 6.07) is -0.736. The Morgan fingerprint density at radius 3 is 1.15 bits per heavy atom. The number of amides is 1. The molecule has 1 aliphatic rings. The van der Waals surface area contributed by atoms with E-state index in [-0.39, 0.29) is 12.5 Å². The van der Waals surface area contributed by atoms with Crippen molar-refractivity contribution in [2.24, 2.45) is 0 Å². The number of hydrogen-bond donors (Lipinski definition) is 6. The molecule has 0 saturated carbocycles. The molecule has 0 spiro atoms. The molecule has 0 bridgehead atoms. The van der Waals surface area contributed by atoms with Crippen LogP contribution in [0.2, 0.25) is 0 Å². The zero-order valence-corrected chi connectivity index (χ0v) is 51.6. The van der Waals surface area contributed by atoms with Crippen LogP contribution >= 0.6 is 0 Å². The number of carbonyl (C=O) groups is 1. The van der Waals surface area contributed by atoms with Gasteiger partial charge in [0.2, 0.25) is 5.91 Å². The molecule has 1 saturated heterocycles. The van der Waals surface area contributed by atoms with Gasteiger partial charge in [-0.3, -0.25) is 4.79 Å². The fraction of sp³-hybridized carbons (Fsp3) is 0.761. The molecule has 1 fully saturated rings. The fourth-order valence-corrected chi connectivity index (χ4v) is 10.2. The summed E-state index contributed by atoms with van der Waals surface area (Å²) in [5, 5.41) is 54.9. The number of ether oxygens (including phenoxy) is 2. The SMILES string of the molecule is CC/C=C\C/C=C\C/C=C\C/C=C\C/C=C\C/C=C\C/C=C\C/C=C\CCCCCCCCC(=O)NC(COC1OC(CO)C(O)C(O)C1O)C(O)CCCCCCCCCCCCCCCCCCCCCCCCCCCC. The van der Waals surface area contributed by atoms with Crippen LogP contribution in [0.3, 0.4) is 0 Å². The van der Waals surface area contributed by atoms with Gasteiger partial charge in [-0.15, -0.1) is 0 Å². The van der Waals surface area contributed by atoms with Crippen molar-refractivity contribution in [3.8, 4) is 0 Å². The molecule has 80 heavy (non-hydrogen) atoms. The van der Waals surface area contributed by atoms with Gasteiger partial charge < -0.3 is 40.3 Å². The van der Waals surface area contributed by atoms with Crippen molar-refractivity contribution in [2.75, 3.05) is 13.2 Å². The number of rotatable bonds is 57. The van der Waals surface area contributed by atoms with E-state index in [4.69, 9.17) is 9.47 Å². The smallest absolute Gasteiger partial charge is 0.220 e. The molecule has 1 rings (SSSR count). The molecule has 0 aromatic carbocycles. The topological polar surface area (TPSA) is 149 Å². The zero-order chi connectivity index (χ0) is 57.9. The van der Waals surface area contributed by atoms with Crippen LogP contribution in [0.25, 0.3) is 0 Å². The quantitative estimate of drug-likeness (QED) is 0.0261. The number of allylic oxidation sites excluding steroid dienone is 16. The Morgan fingerprint density at radius 2 is 0.775 bits per heavy atom. The van der Waals surface area contributed by atoms with Crippen molar-refractivity contribution in [3.05, 3.63) is 97.2 Å². The van der Waals surface area contributed by atoms with E-state index < -0.39 is 49.5 Å². The summed E-state index contributed by atoms with van der Waals surface area (Å²) >= 11 is 0. The molecule has 1 aliphatic heterocycles. The van der Waals surface area contributed by atoms with Crippen LogP contribution in [0.1, 0.15) is 290 Å². The summed E-state index contributed by atoms with van der Waals surface area (Å²) < 4.78 is 11.4. The summed E-state index contributed by atoms with van der Waals surface area (Å²) in [6.07, 6.45) is 78.8. The average molecular weight is 1120 g/mol. The first-order valence-electron chi connectivity index (χ1n) is 33.4. The average Bonchev–Trinajstić information content (AvgIpc) is 3.46. The van der Waals surface area contributed by atoms with Crippen molar-refractivity contribution in [3.63, 3.8) is 0 Å². The van der Waals surface area contributed by atoms with E-state index in [1.807, 2.05) is 0 Å². The molecule has 9 nitrogen and oxygen atoms in total. The Kier molecular flexibility index (Phi) is 55.7. The van der Waals surface area contributed by atoms with Gasteiger partial charge in [0, 0.05) is 6.42 Å². The number of carbonyl (C=O) groups excluding carboxylic acids is 1. The van der Waals surface area contributed by atoms with Gasteiger partial charge in [0.05, 0.1) is 25.4 Å². The number of aliphatic hydroxyl groups excluding tert-OH is 5. The summed E-state index contributed by atoms with van der Waals surface area (Å²) in [7, 11) is 0. The van der Waals surface area contributed by atoms with Crippen LogP contribution in [-0.2, 0) is 14.3 Å². The molecule has 0 aromatic heterocycles. The minimum Gasteiger partial charge on any atom is -0.394 e. The number of nitrogens with one attached hydrogen (secondary N) is 1. The van der Waals surface area contributed by atoms with E-state index in [0.717, 1.165) is 116 Å². The van der Waals surface area contributed by atoms with Gasteiger partial charge in [0.1, 0.15) is 24.4 Å². The van der Waals surface area contributed by atoms with Gasteiger partial charge in [-0.2, -0.15) is 0 Å². The molecule has 0 aliphatic carbocycles. The highest BCUT2D eigenvalue weighted by Gasteiger charge is 2.44. The molecule has 9 heteroatoms. The first kappa shape index (κ1) is 75.1. The van der Waals surface area contributed by atoms with E-state index >= 15 is 0 Å². The second-order valence-corrected chi connectivity index (χ2v) is 22.9. The Bertz CT molecular complexity index is 1580. The van der Waals surface area contributed by atoms with Crippen molar-refractivity contribution in [2.45, 2.75) is 333 Å². The number of unbranched alkanes of at least 4 members (excludes halogenated alkanes) is 31. The monoisotopic (exact) mass is 1120 g/mol. The number of aliphatic hydroxyl groups is 5. The maximum absolute atomic E-state index is 13.1.